The van der Waals surface area contributed by atoms with E-state index in [-0.39, 0.29) is 6.54 Å². The third-order valence-corrected chi connectivity index (χ3v) is 4.23. The average Bonchev–Trinajstić information content (AvgIpc) is 2.84. The normalized spacial score (nSPS) is 13.9. The van der Waals surface area contributed by atoms with Gasteiger partial charge in [-0.2, -0.15) is 0 Å². The molecule has 0 aromatic carbocycles. The van der Waals surface area contributed by atoms with Gasteiger partial charge in [-0.1, -0.05) is 0 Å². The molecule has 20 heavy (non-hydrogen) atoms. The summed E-state index contributed by atoms with van der Waals surface area (Å²) in [6.45, 7) is 5.08. The number of thiazole rings is 1. The number of aryl methyl sites for hydroxylation is 2. The van der Waals surface area contributed by atoms with E-state index >= 15 is 0 Å². The van der Waals surface area contributed by atoms with E-state index in [2.05, 4.69) is 10.3 Å². The number of urea groups is 1. The summed E-state index contributed by atoms with van der Waals surface area (Å²) in [6, 6.07) is -0.424. The molecule has 7 heteroatoms. The van der Waals surface area contributed by atoms with Crippen LogP contribution in [0.4, 0.5) is 9.93 Å². The van der Waals surface area contributed by atoms with Crippen LogP contribution in [-0.2, 0) is 17.6 Å². The number of fused-ring (bicyclic) bond motifs is 1. The summed E-state index contributed by atoms with van der Waals surface area (Å²) in [7, 11) is 0. The van der Waals surface area contributed by atoms with E-state index in [1.54, 1.807) is 20.8 Å². The van der Waals surface area contributed by atoms with Crippen LogP contribution in [0.15, 0.2) is 0 Å². The summed E-state index contributed by atoms with van der Waals surface area (Å²) in [5.41, 5.74) is 0.494. The summed E-state index contributed by atoms with van der Waals surface area (Å²) in [4.78, 5) is 30.0. The van der Waals surface area contributed by atoms with Crippen LogP contribution in [0.2, 0.25) is 0 Å². The Bertz CT molecular complexity index is 512. The number of rotatable bonds is 3. The van der Waals surface area contributed by atoms with Crippen LogP contribution in [-0.4, -0.2) is 39.1 Å². The molecule has 2 rings (SSSR count). The van der Waals surface area contributed by atoms with Gasteiger partial charge in [-0.15, -0.1) is 11.3 Å². The molecule has 0 saturated carbocycles. The van der Waals surface area contributed by atoms with E-state index in [1.807, 2.05) is 0 Å². The topological polar surface area (TPSA) is 82.5 Å². The summed E-state index contributed by atoms with van der Waals surface area (Å²) in [6.07, 6.45) is 3.09. The second kappa shape index (κ2) is 5.40. The maximum absolute atomic E-state index is 12.2. The lowest BCUT2D eigenvalue weighted by Gasteiger charge is -2.33. The van der Waals surface area contributed by atoms with Gasteiger partial charge in [-0.05, 0) is 40.0 Å². The Hall–Kier alpha value is -1.63. The SMILES string of the molecule is CC(C)(C)N(CC(=O)O)C(=O)Nc1nc2c(s1)CCC2. The first-order chi connectivity index (χ1) is 9.27. The Morgan fingerprint density at radius 3 is 2.65 bits per heavy atom. The Morgan fingerprint density at radius 1 is 1.40 bits per heavy atom. The standard InChI is InChI=1S/C13H19N3O3S/c1-13(2,3)16(7-10(17)18)12(19)15-11-14-8-5-4-6-9(8)20-11/h4-7H2,1-3H3,(H,17,18)(H,14,15,19). The molecule has 0 unspecified atom stereocenters. The summed E-state index contributed by atoms with van der Waals surface area (Å²) in [5, 5.41) is 12.2. The number of aromatic nitrogens is 1. The van der Waals surface area contributed by atoms with Crippen molar-refractivity contribution < 1.29 is 14.7 Å². The Kier molecular flexibility index (Phi) is 3.99. The first-order valence-electron chi connectivity index (χ1n) is 6.56. The Morgan fingerprint density at radius 2 is 2.10 bits per heavy atom. The molecule has 0 saturated heterocycles. The van der Waals surface area contributed by atoms with Crippen molar-refractivity contribution in [2.45, 2.75) is 45.6 Å². The molecule has 6 nitrogen and oxygen atoms in total. The van der Waals surface area contributed by atoms with Crippen LogP contribution in [0, 0.1) is 0 Å². The fourth-order valence-corrected chi connectivity index (χ4v) is 3.19. The molecule has 0 bridgehead atoms. The highest BCUT2D eigenvalue weighted by Crippen LogP contribution is 2.30. The predicted octanol–water partition coefficient (Wildman–Crippen LogP) is 2.35. The molecule has 110 valence electrons. The van der Waals surface area contributed by atoms with Crippen molar-refractivity contribution in [1.29, 1.82) is 0 Å². The zero-order chi connectivity index (χ0) is 14.9. The van der Waals surface area contributed by atoms with Crippen molar-refractivity contribution >= 4 is 28.5 Å². The highest BCUT2D eigenvalue weighted by molar-refractivity contribution is 7.15. The minimum Gasteiger partial charge on any atom is -0.480 e. The first kappa shape index (κ1) is 14.8. The first-order valence-corrected chi connectivity index (χ1v) is 7.38. The fraction of sp³-hybridized carbons (Fsp3) is 0.615. The van der Waals surface area contributed by atoms with Crippen molar-refractivity contribution in [2.75, 3.05) is 11.9 Å². The van der Waals surface area contributed by atoms with E-state index in [1.165, 1.54) is 21.1 Å². The van der Waals surface area contributed by atoms with E-state index in [9.17, 15) is 9.59 Å². The minimum absolute atomic E-state index is 0.333. The second-order valence-electron chi connectivity index (χ2n) is 5.82. The molecule has 0 aliphatic heterocycles. The van der Waals surface area contributed by atoms with Crippen LogP contribution in [0.1, 0.15) is 37.8 Å². The predicted molar refractivity (Wildman–Crippen MR) is 77.3 cm³/mol. The molecule has 0 radical (unpaired) electrons. The van der Waals surface area contributed by atoms with Gasteiger partial charge >= 0.3 is 12.0 Å². The number of carbonyl (C=O) groups excluding carboxylic acids is 1. The van der Waals surface area contributed by atoms with Gasteiger partial charge in [0.1, 0.15) is 6.54 Å². The molecule has 0 spiro atoms. The summed E-state index contributed by atoms with van der Waals surface area (Å²) in [5.74, 6) is -1.03. The Balaban J connectivity index is 2.09. The zero-order valence-electron chi connectivity index (χ0n) is 11.9. The monoisotopic (exact) mass is 297 g/mol. The number of hydrogen-bond donors (Lipinski definition) is 2. The van der Waals surface area contributed by atoms with Crippen LogP contribution >= 0.6 is 11.3 Å². The number of nitrogens with one attached hydrogen (secondary N) is 1. The number of carboxylic acids is 1. The third kappa shape index (κ3) is 3.27. The number of anilines is 1. The van der Waals surface area contributed by atoms with Gasteiger partial charge in [-0.3, -0.25) is 10.1 Å². The van der Waals surface area contributed by atoms with Crippen molar-refractivity contribution in [3.63, 3.8) is 0 Å². The molecule has 1 aliphatic rings. The van der Waals surface area contributed by atoms with Crippen molar-refractivity contribution in [1.82, 2.24) is 9.88 Å². The average molecular weight is 297 g/mol. The lowest BCUT2D eigenvalue weighted by Crippen LogP contribution is -2.50. The van der Waals surface area contributed by atoms with Crippen LogP contribution in [0.25, 0.3) is 0 Å². The van der Waals surface area contributed by atoms with Gasteiger partial charge in [0.2, 0.25) is 0 Å². The van der Waals surface area contributed by atoms with E-state index < -0.39 is 17.5 Å². The van der Waals surface area contributed by atoms with Gasteiger partial charge in [-0.25, -0.2) is 9.78 Å². The van der Waals surface area contributed by atoms with E-state index in [0.29, 0.717) is 5.13 Å². The maximum Gasteiger partial charge on any atom is 0.324 e. The smallest absolute Gasteiger partial charge is 0.324 e. The third-order valence-electron chi connectivity index (χ3n) is 3.16. The molecule has 0 atom stereocenters. The molecule has 2 N–H and O–H groups in total. The number of aliphatic carboxylic acids is 1. The van der Waals surface area contributed by atoms with Gasteiger partial charge in [0.15, 0.2) is 5.13 Å². The lowest BCUT2D eigenvalue weighted by molar-refractivity contribution is -0.138. The van der Waals surface area contributed by atoms with Gasteiger partial charge in [0.05, 0.1) is 5.69 Å². The number of nitrogens with zero attached hydrogens (tertiary/aromatic N) is 2. The van der Waals surface area contributed by atoms with Crippen LogP contribution in [0.5, 0.6) is 0 Å². The molecule has 1 aromatic rings. The molecule has 0 fully saturated rings. The molecule has 1 aromatic heterocycles. The van der Waals surface area contributed by atoms with Crippen LogP contribution in [0.3, 0.4) is 0 Å². The van der Waals surface area contributed by atoms with Crippen molar-refractivity contribution in [3.8, 4) is 0 Å². The molecule has 1 aliphatic carbocycles. The quantitative estimate of drug-likeness (QED) is 0.897. The van der Waals surface area contributed by atoms with E-state index in [0.717, 1.165) is 25.0 Å². The number of amides is 2. The van der Waals surface area contributed by atoms with Crippen molar-refractivity contribution in [2.24, 2.45) is 0 Å². The largest absolute Gasteiger partial charge is 0.480 e. The molecular formula is C13H19N3O3S. The second-order valence-corrected chi connectivity index (χ2v) is 6.91. The van der Waals surface area contributed by atoms with E-state index in [4.69, 9.17) is 5.11 Å². The number of hydrogen-bond acceptors (Lipinski definition) is 4. The Labute approximate surface area is 121 Å². The van der Waals surface area contributed by atoms with Gasteiger partial charge in [0, 0.05) is 10.4 Å². The van der Waals surface area contributed by atoms with Gasteiger partial charge in [0.25, 0.3) is 0 Å². The number of carboxylic acid groups (broad SMARTS) is 1. The molecular weight excluding hydrogens is 278 g/mol. The summed E-state index contributed by atoms with van der Waals surface area (Å²) >= 11 is 1.48. The fourth-order valence-electron chi connectivity index (χ4n) is 2.15. The highest BCUT2D eigenvalue weighted by Gasteiger charge is 2.29. The van der Waals surface area contributed by atoms with Gasteiger partial charge < -0.3 is 10.0 Å². The molecule has 1 heterocycles. The summed E-state index contributed by atoms with van der Waals surface area (Å²) < 4.78 is 0. The van der Waals surface area contributed by atoms with Crippen molar-refractivity contribution in [3.05, 3.63) is 10.6 Å². The van der Waals surface area contributed by atoms with Crippen LogP contribution < -0.4 is 5.32 Å². The number of carbonyl (C=O) groups is 2. The highest BCUT2D eigenvalue weighted by atomic mass is 32.1. The zero-order valence-corrected chi connectivity index (χ0v) is 12.7. The maximum atomic E-state index is 12.2. The molecule has 2 amide bonds. The lowest BCUT2D eigenvalue weighted by atomic mass is 10.1. The minimum atomic E-state index is -1.03.